The second-order valence-electron chi connectivity index (χ2n) is 5.61. The van der Waals surface area contributed by atoms with Crippen LogP contribution in [0.25, 0.3) is 11.1 Å². The van der Waals surface area contributed by atoms with Crippen LogP contribution in [0.2, 0.25) is 0 Å². The van der Waals surface area contributed by atoms with Crippen molar-refractivity contribution in [2.75, 3.05) is 6.61 Å². The number of carbonyl (C=O) groups excluding carboxylic acids is 1. The Hall–Kier alpha value is -2.09. The minimum Gasteiger partial charge on any atom is -0.466 e. The molecule has 22 heavy (non-hydrogen) atoms. The molecule has 0 unspecified atom stereocenters. The Balaban J connectivity index is 1.83. The first-order valence-corrected chi connectivity index (χ1v) is 8.01. The highest BCUT2D eigenvalue weighted by Gasteiger charge is 2.13. The zero-order valence-electron chi connectivity index (χ0n) is 13.4. The normalized spacial score (nSPS) is 11.9. The summed E-state index contributed by atoms with van der Waals surface area (Å²) in [6, 6.07) is 19.1. The highest BCUT2D eigenvalue weighted by atomic mass is 16.5. The van der Waals surface area contributed by atoms with Gasteiger partial charge in [0.15, 0.2) is 0 Å². The molecule has 2 heteroatoms. The number of carbonyl (C=O) groups is 1. The summed E-state index contributed by atoms with van der Waals surface area (Å²) in [5.74, 6) is -0.0922. The van der Waals surface area contributed by atoms with Gasteiger partial charge in [0.25, 0.3) is 0 Å². The Morgan fingerprint density at radius 3 is 2.27 bits per heavy atom. The molecule has 2 nitrogen and oxygen atoms in total. The summed E-state index contributed by atoms with van der Waals surface area (Å²) in [7, 11) is 0. The molecule has 0 amide bonds. The number of esters is 1. The third-order valence-corrected chi connectivity index (χ3v) is 3.85. The number of rotatable bonds is 7. The van der Waals surface area contributed by atoms with Crippen LogP contribution in [-0.4, -0.2) is 12.6 Å². The molecule has 2 aromatic rings. The van der Waals surface area contributed by atoms with Gasteiger partial charge in [0.1, 0.15) is 0 Å². The first-order chi connectivity index (χ1) is 10.7. The summed E-state index contributed by atoms with van der Waals surface area (Å²) in [6.07, 6.45) is 2.88. The van der Waals surface area contributed by atoms with E-state index in [1.54, 1.807) is 0 Å². The van der Waals surface area contributed by atoms with Gasteiger partial charge in [0.2, 0.25) is 0 Å². The van der Waals surface area contributed by atoms with Crippen molar-refractivity contribution in [3.05, 3.63) is 60.2 Å². The molecular formula is C20H24O2. The quantitative estimate of drug-likeness (QED) is 0.681. The van der Waals surface area contributed by atoms with Gasteiger partial charge in [-0.1, -0.05) is 61.5 Å². The van der Waals surface area contributed by atoms with Crippen LogP contribution in [0.15, 0.2) is 54.6 Å². The van der Waals surface area contributed by atoms with Crippen molar-refractivity contribution in [1.82, 2.24) is 0 Å². The topological polar surface area (TPSA) is 26.3 Å². The van der Waals surface area contributed by atoms with Gasteiger partial charge in [0, 0.05) is 0 Å². The van der Waals surface area contributed by atoms with E-state index in [9.17, 15) is 4.79 Å². The van der Waals surface area contributed by atoms with Crippen LogP contribution in [0, 0.1) is 5.92 Å². The first-order valence-electron chi connectivity index (χ1n) is 8.01. The average molecular weight is 296 g/mol. The minimum absolute atomic E-state index is 0.0106. The van der Waals surface area contributed by atoms with Crippen molar-refractivity contribution in [3.63, 3.8) is 0 Å². The van der Waals surface area contributed by atoms with Crippen LogP contribution >= 0.6 is 0 Å². The maximum atomic E-state index is 11.6. The van der Waals surface area contributed by atoms with Crippen molar-refractivity contribution < 1.29 is 9.53 Å². The predicted octanol–water partition coefficient (Wildman–Crippen LogP) is 4.88. The molecular weight excluding hydrogens is 272 g/mol. The highest BCUT2D eigenvalue weighted by molar-refractivity contribution is 5.71. The summed E-state index contributed by atoms with van der Waals surface area (Å²) in [5.41, 5.74) is 3.80. The lowest BCUT2D eigenvalue weighted by atomic mass is 9.99. The van der Waals surface area contributed by atoms with Gasteiger partial charge < -0.3 is 4.74 Å². The number of hydrogen-bond acceptors (Lipinski definition) is 2. The predicted molar refractivity (Wildman–Crippen MR) is 90.6 cm³/mol. The van der Waals surface area contributed by atoms with Gasteiger partial charge in [-0.3, -0.25) is 4.79 Å². The fraction of sp³-hybridized carbons (Fsp3) is 0.350. The van der Waals surface area contributed by atoms with E-state index in [-0.39, 0.29) is 11.9 Å². The van der Waals surface area contributed by atoms with Crippen LogP contribution < -0.4 is 0 Å². The number of benzene rings is 2. The Morgan fingerprint density at radius 1 is 1.00 bits per heavy atom. The van der Waals surface area contributed by atoms with Crippen molar-refractivity contribution >= 4 is 5.97 Å². The van der Waals surface area contributed by atoms with Gasteiger partial charge in [-0.2, -0.15) is 0 Å². The van der Waals surface area contributed by atoms with E-state index < -0.39 is 0 Å². The van der Waals surface area contributed by atoms with E-state index in [0.717, 1.165) is 19.3 Å². The molecule has 116 valence electrons. The fourth-order valence-electron chi connectivity index (χ4n) is 2.51. The van der Waals surface area contributed by atoms with E-state index in [4.69, 9.17) is 4.74 Å². The molecule has 0 saturated heterocycles. The van der Waals surface area contributed by atoms with Gasteiger partial charge in [-0.05, 0) is 42.9 Å². The molecule has 0 radical (unpaired) electrons. The van der Waals surface area contributed by atoms with Crippen LogP contribution in [0.1, 0.15) is 32.3 Å². The van der Waals surface area contributed by atoms with Gasteiger partial charge >= 0.3 is 5.97 Å². The molecule has 0 aliphatic carbocycles. The van der Waals surface area contributed by atoms with Crippen molar-refractivity contribution in [3.8, 4) is 11.1 Å². The van der Waals surface area contributed by atoms with Crippen LogP contribution in [0.4, 0.5) is 0 Å². The summed E-state index contributed by atoms with van der Waals surface area (Å²) in [6.45, 7) is 4.25. The minimum atomic E-state index is -0.0816. The lowest BCUT2D eigenvalue weighted by Gasteiger charge is -2.10. The Labute approximate surface area is 133 Å². The fourth-order valence-corrected chi connectivity index (χ4v) is 2.51. The summed E-state index contributed by atoms with van der Waals surface area (Å²) in [4.78, 5) is 11.6. The van der Waals surface area contributed by atoms with Gasteiger partial charge in [-0.25, -0.2) is 0 Å². The molecule has 0 bridgehead atoms. The molecule has 1 atom stereocenters. The molecule has 0 spiro atoms. The number of ether oxygens (including phenoxy) is 1. The maximum Gasteiger partial charge on any atom is 0.308 e. The molecule has 0 fully saturated rings. The number of hydrogen-bond donors (Lipinski definition) is 0. The third kappa shape index (κ3) is 4.73. The van der Waals surface area contributed by atoms with E-state index in [1.807, 2.05) is 19.9 Å². The van der Waals surface area contributed by atoms with E-state index >= 15 is 0 Å². The summed E-state index contributed by atoms with van der Waals surface area (Å²) < 4.78 is 5.03. The molecule has 0 heterocycles. The standard InChI is InChI=1S/C20H24O2/c1-3-22-20(21)16(2)8-7-9-17-12-14-19(15-13-17)18-10-5-4-6-11-18/h4-6,10-16H,3,7-9H2,1-2H3/t16-/m1/s1. The average Bonchev–Trinajstić information content (AvgIpc) is 2.56. The Kier molecular flexibility index (Phi) is 6.20. The highest BCUT2D eigenvalue weighted by Crippen LogP contribution is 2.20. The molecule has 0 aromatic heterocycles. The van der Waals surface area contributed by atoms with Crippen molar-refractivity contribution in [1.29, 1.82) is 0 Å². The SMILES string of the molecule is CCOC(=O)[C@H](C)CCCc1ccc(-c2ccccc2)cc1. The molecule has 2 aromatic carbocycles. The molecule has 0 aliphatic heterocycles. The lowest BCUT2D eigenvalue weighted by Crippen LogP contribution is -2.14. The second kappa shape index (κ2) is 8.38. The van der Waals surface area contributed by atoms with E-state index in [2.05, 4.69) is 48.5 Å². The monoisotopic (exact) mass is 296 g/mol. The molecule has 0 saturated carbocycles. The van der Waals surface area contributed by atoms with E-state index in [0.29, 0.717) is 6.61 Å². The maximum absolute atomic E-state index is 11.6. The Morgan fingerprint density at radius 2 is 1.64 bits per heavy atom. The molecule has 0 aliphatic rings. The summed E-state index contributed by atoms with van der Waals surface area (Å²) in [5, 5.41) is 0. The zero-order chi connectivity index (χ0) is 15.8. The van der Waals surface area contributed by atoms with E-state index in [1.165, 1.54) is 16.7 Å². The van der Waals surface area contributed by atoms with Gasteiger partial charge in [-0.15, -0.1) is 0 Å². The van der Waals surface area contributed by atoms with Crippen molar-refractivity contribution in [2.45, 2.75) is 33.1 Å². The smallest absolute Gasteiger partial charge is 0.308 e. The van der Waals surface area contributed by atoms with Gasteiger partial charge in [0.05, 0.1) is 12.5 Å². The number of aryl methyl sites for hydroxylation is 1. The van der Waals surface area contributed by atoms with Crippen molar-refractivity contribution in [2.24, 2.45) is 5.92 Å². The second-order valence-corrected chi connectivity index (χ2v) is 5.61. The third-order valence-electron chi connectivity index (χ3n) is 3.85. The largest absolute Gasteiger partial charge is 0.466 e. The molecule has 0 N–H and O–H groups in total. The Bertz CT molecular complexity index is 572. The van der Waals surface area contributed by atoms with Crippen LogP contribution in [0.5, 0.6) is 0 Å². The van der Waals surface area contributed by atoms with Crippen LogP contribution in [-0.2, 0) is 16.0 Å². The zero-order valence-corrected chi connectivity index (χ0v) is 13.4. The summed E-state index contributed by atoms with van der Waals surface area (Å²) >= 11 is 0. The molecule has 2 rings (SSSR count). The first kappa shape index (κ1) is 16.3. The van der Waals surface area contributed by atoms with Crippen LogP contribution in [0.3, 0.4) is 0 Å². The lowest BCUT2D eigenvalue weighted by molar-refractivity contribution is -0.147.